The van der Waals surface area contributed by atoms with Gasteiger partial charge in [-0.25, -0.2) is 4.57 Å². The lowest BCUT2D eigenvalue weighted by molar-refractivity contribution is -0.138. The Hall–Kier alpha value is -1.64. The Morgan fingerprint density at radius 1 is 1.21 bits per heavy atom. The number of phenolic OH excluding ortho intramolecular Hbond substituents is 2. The maximum atomic E-state index is 10.4. The van der Waals surface area contributed by atoms with Crippen molar-refractivity contribution in [3.8, 4) is 11.5 Å². The smallest absolute Gasteiger partial charge is 0.466 e. The molecule has 0 aliphatic carbocycles. The lowest BCUT2D eigenvalue weighted by Crippen LogP contribution is -2.32. The summed E-state index contributed by atoms with van der Waals surface area (Å²) in [5.41, 5.74) is 5.86. The zero-order valence-electron chi connectivity index (χ0n) is 9.54. The van der Waals surface area contributed by atoms with Crippen LogP contribution in [0.1, 0.15) is 5.56 Å². The van der Waals surface area contributed by atoms with Crippen molar-refractivity contribution in [3.05, 3.63) is 23.8 Å². The second-order valence-corrected chi connectivity index (χ2v) is 4.51. The van der Waals surface area contributed by atoms with Crippen molar-refractivity contribution in [2.75, 3.05) is 0 Å². The molecule has 8 N–H and O–H groups in total. The van der Waals surface area contributed by atoms with E-state index in [0.717, 1.165) is 0 Å². The lowest BCUT2D eigenvalue weighted by Gasteiger charge is -2.06. The van der Waals surface area contributed by atoms with Gasteiger partial charge in [-0.15, -0.1) is 0 Å². The number of aromatic hydroxyl groups is 2. The van der Waals surface area contributed by atoms with Gasteiger partial charge in [0.1, 0.15) is 6.04 Å². The third-order valence-corrected chi connectivity index (χ3v) is 1.81. The zero-order chi connectivity index (χ0) is 15.2. The fourth-order valence-electron chi connectivity index (χ4n) is 1.04. The van der Waals surface area contributed by atoms with Gasteiger partial charge in [0.25, 0.3) is 0 Å². The van der Waals surface area contributed by atoms with E-state index >= 15 is 0 Å². The number of aliphatic carboxylic acids is 1. The lowest BCUT2D eigenvalue weighted by atomic mass is 10.1. The number of carboxylic acids is 1. The Morgan fingerprint density at radius 3 is 2.05 bits per heavy atom. The van der Waals surface area contributed by atoms with Crippen molar-refractivity contribution in [3.63, 3.8) is 0 Å². The van der Waals surface area contributed by atoms with E-state index < -0.39 is 19.8 Å². The van der Waals surface area contributed by atoms with Gasteiger partial charge < -0.3 is 35.7 Å². The molecule has 1 rings (SSSR count). The number of carboxylic acid groups (broad SMARTS) is 1. The largest absolute Gasteiger partial charge is 0.504 e. The number of hydrogen-bond acceptors (Lipinski definition) is 5. The van der Waals surface area contributed by atoms with Crippen molar-refractivity contribution in [2.45, 2.75) is 12.5 Å². The van der Waals surface area contributed by atoms with Crippen LogP contribution in [0, 0.1) is 0 Å². The van der Waals surface area contributed by atoms with E-state index in [4.69, 9.17) is 40.3 Å². The van der Waals surface area contributed by atoms with E-state index in [-0.39, 0.29) is 17.9 Å². The Bertz CT molecular complexity index is 477. The van der Waals surface area contributed by atoms with Crippen LogP contribution in [0.15, 0.2) is 18.2 Å². The number of nitrogens with two attached hydrogens (primary N) is 1. The third-order valence-electron chi connectivity index (χ3n) is 1.81. The molecule has 0 spiro atoms. The molecule has 1 aromatic carbocycles. The van der Waals surface area contributed by atoms with E-state index in [1.165, 1.54) is 18.2 Å². The Labute approximate surface area is 107 Å². The minimum absolute atomic E-state index is 0.114. The number of hydrogen-bond donors (Lipinski definition) is 7. The standard InChI is InChI=1S/C9H11NO4.H3O4P/c10-6(9(13)14)3-5-1-2-7(11)8(12)4-5;1-5(2,3)4/h1-2,4,6,11-12H,3,10H2,(H,13,14);(H3,1,2,3,4)/t6-;/m0./s1. The van der Waals surface area contributed by atoms with Gasteiger partial charge in [0.15, 0.2) is 11.5 Å². The first-order valence-electron chi connectivity index (χ1n) is 4.78. The van der Waals surface area contributed by atoms with Crippen LogP contribution in [-0.2, 0) is 15.8 Å². The average molecular weight is 295 g/mol. The molecule has 10 heteroatoms. The molecule has 0 radical (unpaired) electrons. The van der Waals surface area contributed by atoms with Gasteiger partial charge in [-0.1, -0.05) is 6.07 Å². The van der Waals surface area contributed by atoms with E-state index in [9.17, 15) is 4.79 Å². The summed E-state index contributed by atoms with van der Waals surface area (Å²) >= 11 is 0. The van der Waals surface area contributed by atoms with Crippen LogP contribution in [0.25, 0.3) is 0 Å². The summed E-state index contributed by atoms with van der Waals surface area (Å²) in [6.07, 6.45) is 0.114. The van der Waals surface area contributed by atoms with Gasteiger partial charge in [-0.05, 0) is 24.1 Å². The number of carbonyl (C=O) groups is 1. The van der Waals surface area contributed by atoms with Crippen LogP contribution in [0.4, 0.5) is 0 Å². The molecule has 0 amide bonds. The minimum Gasteiger partial charge on any atom is -0.504 e. The molecular formula is C9H14NO8P. The van der Waals surface area contributed by atoms with E-state index in [0.29, 0.717) is 5.56 Å². The van der Waals surface area contributed by atoms with Gasteiger partial charge in [0.05, 0.1) is 0 Å². The molecular weight excluding hydrogens is 281 g/mol. The van der Waals surface area contributed by atoms with Crippen molar-refractivity contribution >= 4 is 13.8 Å². The van der Waals surface area contributed by atoms with E-state index in [1.54, 1.807) is 0 Å². The van der Waals surface area contributed by atoms with Gasteiger partial charge in [0.2, 0.25) is 0 Å². The molecule has 0 heterocycles. The molecule has 0 saturated heterocycles. The van der Waals surface area contributed by atoms with Crippen molar-refractivity contribution in [1.82, 2.24) is 0 Å². The number of rotatable bonds is 3. The van der Waals surface area contributed by atoms with Crippen molar-refractivity contribution in [2.24, 2.45) is 5.73 Å². The summed E-state index contributed by atoms with van der Waals surface area (Å²) in [5.74, 6) is -1.62. The predicted octanol–water partition coefficient (Wildman–Crippen LogP) is -0.876. The fourth-order valence-corrected chi connectivity index (χ4v) is 1.04. The van der Waals surface area contributed by atoms with Crippen LogP contribution in [0.5, 0.6) is 11.5 Å². The molecule has 0 fully saturated rings. The molecule has 0 aromatic heterocycles. The highest BCUT2D eigenvalue weighted by atomic mass is 31.2. The normalized spacial score (nSPS) is 12.2. The maximum Gasteiger partial charge on any atom is 0.466 e. The van der Waals surface area contributed by atoms with Crippen molar-refractivity contribution < 1.29 is 39.4 Å². The summed E-state index contributed by atoms with van der Waals surface area (Å²) in [5, 5.41) is 26.6. The quantitative estimate of drug-likeness (QED) is 0.275. The Balaban J connectivity index is 0.000000555. The number of benzene rings is 1. The molecule has 9 nitrogen and oxygen atoms in total. The summed E-state index contributed by atoms with van der Waals surface area (Å²) in [4.78, 5) is 32.0. The SMILES string of the molecule is N[C@@H](Cc1ccc(O)c(O)c1)C(=O)O.O=P(O)(O)O. The van der Waals surface area contributed by atoms with Crippen LogP contribution in [0.3, 0.4) is 0 Å². The molecule has 0 bridgehead atoms. The molecule has 1 atom stereocenters. The molecule has 0 aliphatic heterocycles. The molecule has 108 valence electrons. The summed E-state index contributed by atoms with van der Waals surface area (Å²) < 4.78 is 8.88. The first-order chi connectivity index (χ1) is 8.50. The van der Waals surface area contributed by atoms with Gasteiger partial charge >= 0.3 is 13.8 Å². The summed E-state index contributed by atoms with van der Waals surface area (Å²) in [6, 6.07) is 3.09. The predicted molar refractivity (Wildman–Crippen MR) is 63.3 cm³/mol. The third kappa shape index (κ3) is 9.00. The monoisotopic (exact) mass is 295 g/mol. The van der Waals surface area contributed by atoms with Gasteiger partial charge in [-0.3, -0.25) is 4.79 Å². The summed E-state index contributed by atoms with van der Waals surface area (Å²) in [7, 11) is -4.64. The second-order valence-electron chi connectivity index (χ2n) is 3.49. The Morgan fingerprint density at radius 2 is 1.68 bits per heavy atom. The maximum absolute atomic E-state index is 10.4. The first-order valence-corrected chi connectivity index (χ1v) is 6.34. The topological polar surface area (TPSA) is 182 Å². The highest BCUT2D eigenvalue weighted by Gasteiger charge is 2.12. The highest BCUT2D eigenvalue weighted by Crippen LogP contribution is 2.26. The molecule has 0 unspecified atom stereocenters. The van der Waals surface area contributed by atoms with Gasteiger partial charge in [-0.2, -0.15) is 0 Å². The zero-order valence-corrected chi connectivity index (χ0v) is 10.4. The second kappa shape index (κ2) is 7.07. The molecule has 19 heavy (non-hydrogen) atoms. The van der Waals surface area contributed by atoms with Crippen LogP contribution in [-0.4, -0.2) is 42.0 Å². The van der Waals surface area contributed by atoms with Gasteiger partial charge in [0, 0.05) is 0 Å². The number of phosphoric acid groups is 1. The van der Waals surface area contributed by atoms with E-state index in [1.807, 2.05) is 0 Å². The highest BCUT2D eigenvalue weighted by molar-refractivity contribution is 7.45. The van der Waals surface area contributed by atoms with Crippen LogP contribution < -0.4 is 5.73 Å². The summed E-state index contributed by atoms with van der Waals surface area (Å²) in [6.45, 7) is 0. The van der Waals surface area contributed by atoms with Crippen LogP contribution in [0.2, 0.25) is 0 Å². The first kappa shape index (κ1) is 17.4. The molecule has 1 aromatic rings. The minimum atomic E-state index is -4.64. The molecule has 0 saturated carbocycles. The van der Waals surface area contributed by atoms with Crippen LogP contribution >= 0.6 is 7.82 Å². The van der Waals surface area contributed by atoms with Crippen molar-refractivity contribution in [1.29, 1.82) is 0 Å². The van der Waals surface area contributed by atoms with E-state index in [2.05, 4.69) is 0 Å². The molecule has 0 aliphatic rings. The number of phenols is 2. The fraction of sp³-hybridized carbons (Fsp3) is 0.222. The average Bonchev–Trinajstić information content (AvgIpc) is 2.21. The Kier molecular flexibility index (Phi) is 6.46.